The zero-order valence-electron chi connectivity index (χ0n) is 5.73. The van der Waals surface area contributed by atoms with Crippen molar-refractivity contribution < 1.29 is 0 Å². The van der Waals surface area contributed by atoms with Crippen LogP contribution in [0.3, 0.4) is 0 Å². The normalized spacial score (nSPS) is 12.4. The quantitative estimate of drug-likeness (QED) is 0.502. The molecule has 0 spiro atoms. The van der Waals surface area contributed by atoms with Crippen LogP contribution in [0.15, 0.2) is 12.2 Å². The average Bonchev–Trinajstić information content (AvgIpc) is 1.59. The molecule has 0 aromatic carbocycles. The molecular weight excluding hydrogens is 98.1 g/mol. The van der Waals surface area contributed by atoms with E-state index in [2.05, 4.69) is 20.8 Å². The molecule has 46 valence electrons. The van der Waals surface area contributed by atoms with Crippen LogP contribution >= 0.6 is 0 Å². The van der Waals surface area contributed by atoms with Gasteiger partial charge >= 0.3 is 0 Å². The van der Waals surface area contributed by atoms with Crippen LogP contribution in [-0.2, 0) is 0 Å². The van der Waals surface area contributed by atoms with Crippen molar-refractivity contribution in [2.75, 3.05) is 0 Å². The zero-order chi connectivity index (χ0) is 6.62. The SMILES string of the molecule is CC(C)(C)C=CC=N. The minimum Gasteiger partial charge on any atom is -0.309 e. The summed E-state index contributed by atoms with van der Waals surface area (Å²) in [5.74, 6) is 0. The van der Waals surface area contributed by atoms with E-state index in [9.17, 15) is 0 Å². The van der Waals surface area contributed by atoms with Crippen molar-refractivity contribution in [2.24, 2.45) is 5.41 Å². The van der Waals surface area contributed by atoms with Gasteiger partial charge in [0.05, 0.1) is 0 Å². The third-order valence-electron chi connectivity index (χ3n) is 0.692. The molecule has 0 aromatic rings. The Morgan fingerprint density at radius 3 is 1.88 bits per heavy atom. The molecule has 0 amide bonds. The van der Waals surface area contributed by atoms with Crippen LogP contribution < -0.4 is 0 Å². The fourth-order valence-electron chi connectivity index (χ4n) is 0.337. The van der Waals surface area contributed by atoms with Crippen molar-refractivity contribution in [1.29, 1.82) is 5.41 Å². The number of allylic oxidation sites excluding steroid dienone is 2. The largest absolute Gasteiger partial charge is 0.309 e. The molecule has 0 saturated carbocycles. The summed E-state index contributed by atoms with van der Waals surface area (Å²) in [6, 6.07) is 0. The van der Waals surface area contributed by atoms with Gasteiger partial charge in [0, 0.05) is 6.21 Å². The standard InChI is InChI=1S/C7H13N/c1-7(2,3)5-4-6-8/h4-6,8H,1-3H3. The van der Waals surface area contributed by atoms with Crippen LogP contribution in [0.25, 0.3) is 0 Å². The van der Waals surface area contributed by atoms with Crippen LogP contribution in [0.5, 0.6) is 0 Å². The molecule has 0 radical (unpaired) electrons. The highest BCUT2D eigenvalue weighted by Crippen LogP contribution is 2.13. The minimum absolute atomic E-state index is 0.220. The van der Waals surface area contributed by atoms with Gasteiger partial charge in [0.25, 0.3) is 0 Å². The Kier molecular flexibility index (Phi) is 2.46. The van der Waals surface area contributed by atoms with Gasteiger partial charge in [0.15, 0.2) is 0 Å². The van der Waals surface area contributed by atoms with E-state index in [1.165, 1.54) is 6.21 Å². The van der Waals surface area contributed by atoms with Crippen molar-refractivity contribution >= 4 is 6.21 Å². The summed E-state index contributed by atoms with van der Waals surface area (Å²) in [7, 11) is 0. The molecule has 0 aromatic heterocycles. The lowest BCUT2D eigenvalue weighted by atomic mass is 9.97. The van der Waals surface area contributed by atoms with Gasteiger partial charge in [-0.25, -0.2) is 0 Å². The molecule has 0 bridgehead atoms. The topological polar surface area (TPSA) is 23.9 Å². The first-order valence-corrected chi connectivity index (χ1v) is 2.74. The highest BCUT2D eigenvalue weighted by atomic mass is 14.3. The van der Waals surface area contributed by atoms with E-state index in [-0.39, 0.29) is 5.41 Å². The van der Waals surface area contributed by atoms with Crippen molar-refractivity contribution in [3.63, 3.8) is 0 Å². The molecule has 0 fully saturated rings. The van der Waals surface area contributed by atoms with Crippen LogP contribution in [0, 0.1) is 10.8 Å². The predicted molar refractivity (Wildman–Crippen MR) is 37.4 cm³/mol. The first-order chi connectivity index (χ1) is 3.56. The lowest BCUT2D eigenvalue weighted by Gasteiger charge is -2.09. The number of rotatable bonds is 1. The number of hydrogen-bond donors (Lipinski definition) is 1. The fraction of sp³-hybridized carbons (Fsp3) is 0.571. The number of hydrogen-bond acceptors (Lipinski definition) is 1. The summed E-state index contributed by atoms with van der Waals surface area (Å²) in [6.45, 7) is 6.31. The summed E-state index contributed by atoms with van der Waals surface area (Å²) < 4.78 is 0. The Labute approximate surface area is 50.9 Å². The minimum atomic E-state index is 0.220. The predicted octanol–water partition coefficient (Wildman–Crippen LogP) is 2.24. The molecule has 0 atom stereocenters. The maximum absolute atomic E-state index is 6.67. The first-order valence-electron chi connectivity index (χ1n) is 2.74. The van der Waals surface area contributed by atoms with Crippen LogP contribution in [0.2, 0.25) is 0 Å². The molecule has 0 rings (SSSR count). The summed E-state index contributed by atoms with van der Waals surface area (Å²) >= 11 is 0. The summed E-state index contributed by atoms with van der Waals surface area (Å²) in [5.41, 5.74) is 0.220. The van der Waals surface area contributed by atoms with Crippen molar-refractivity contribution in [1.82, 2.24) is 0 Å². The van der Waals surface area contributed by atoms with Gasteiger partial charge in [-0.1, -0.05) is 26.8 Å². The van der Waals surface area contributed by atoms with Gasteiger partial charge in [-0.2, -0.15) is 0 Å². The molecule has 8 heavy (non-hydrogen) atoms. The Morgan fingerprint density at radius 1 is 1.25 bits per heavy atom. The second kappa shape index (κ2) is 2.65. The van der Waals surface area contributed by atoms with Gasteiger partial charge in [0.1, 0.15) is 0 Å². The lowest BCUT2D eigenvalue weighted by molar-refractivity contribution is 0.545. The van der Waals surface area contributed by atoms with E-state index in [4.69, 9.17) is 5.41 Å². The maximum Gasteiger partial charge on any atom is 0.0174 e. The van der Waals surface area contributed by atoms with E-state index in [1.54, 1.807) is 6.08 Å². The van der Waals surface area contributed by atoms with Crippen molar-refractivity contribution in [2.45, 2.75) is 20.8 Å². The molecule has 1 N–H and O–H groups in total. The van der Waals surface area contributed by atoms with Gasteiger partial charge in [-0.05, 0) is 11.5 Å². The Balaban J connectivity index is 3.69. The highest BCUT2D eigenvalue weighted by Gasteiger charge is 2.01. The molecule has 1 nitrogen and oxygen atoms in total. The lowest BCUT2D eigenvalue weighted by Crippen LogP contribution is -1.97. The van der Waals surface area contributed by atoms with Crippen LogP contribution in [0.1, 0.15) is 20.8 Å². The summed E-state index contributed by atoms with van der Waals surface area (Å²) in [6.07, 6.45) is 5.05. The summed E-state index contributed by atoms with van der Waals surface area (Å²) in [5, 5.41) is 6.67. The average molecular weight is 111 g/mol. The third kappa shape index (κ3) is 5.41. The van der Waals surface area contributed by atoms with Gasteiger partial charge in [0.2, 0.25) is 0 Å². The second-order valence-electron chi connectivity index (χ2n) is 2.89. The Morgan fingerprint density at radius 2 is 1.75 bits per heavy atom. The van der Waals surface area contributed by atoms with Gasteiger partial charge in [-0.15, -0.1) is 0 Å². The molecular formula is C7H13N. The fourth-order valence-corrected chi connectivity index (χ4v) is 0.337. The zero-order valence-corrected chi connectivity index (χ0v) is 5.73. The summed E-state index contributed by atoms with van der Waals surface area (Å²) in [4.78, 5) is 0. The Bertz CT molecular complexity index is 95.4. The van der Waals surface area contributed by atoms with E-state index in [1.807, 2.05) is 6.08 Å². The molecule has 0 saturated heterocycles. The van der Waals surface area contributed by atoms with Crippen LogP contribution in [-0.4, -0.2) is 6.21 Å². The monoisotopic (exact) mass is 111 g/mol. The van der Waals surface area contributed by atoms with Gasteiger partial charge < -0.3 is 5.41 Å². The molecule has 0 aliphatic carbocycles. The molecule has 0 unspecified atom stereocenters. The van der Waals surface area contributed by atoms with Crippen molar-refractivity contribution in [3.8, 4) is 0 Å². The van der Waals surface area contributed by atoms with Crippen LogP contribution in [0.4, 0.5) is 0 Å². The number of nitrogens with one attached hydrogen (secondary N) is 1. The molecule has 0 aliphatic heterocycles. The van der Waals surface area contributed by atoms with E-state index in [0.717, 1.165) is 0 Å². The first kappa shape index (κ1) is 7.41. The van der Waals surface area contributed by atoms with Crippen molar-refractivity contribution in [3.05, 3.63) is 12.2 Å². The molecule has 1 heteroatoms. The molecule has 0 heterocycles. The highest BCUT2D eigenvalue weighted by molar-refractivity contribution is 5.67. The van der Waals surface area contributed by atoms with Gasteiger partial charge in [-0.3, -0.25) is 0 Å². The van der Waals surface area contributed by atoms with E-state index >= 15 is 0 Å². The maximum atomic E-state index is 6.67. The molecule has 0 aliphatic rings. The van der Waals surface area contributed by atoms with E-state index < -0.39 is 0 Å². The smallest absolute Gasteiger partial charge is 0.0174 e. The Hall–Kier alpha value is -0.590. The second-order valence-corrected chi connectivity index (χ2v) is 2.89. The third-order valence-corrected chi connectivity index (χ3v) is 0.692. The van der Waals surface area contributed by atoms with E-state index in [0.29, 0.717) is 0 Å².